The Bertz CT molecular complexity index is 1210. The van der Waals surface area contributed by atoms with Gasteiger partial charge in [0.1, 0.15) is 12.3 Å². The molecule has 0 saturated heterocycles. The molecule has 0 bridgehead atoms. The molecular formula is C20H22ClN7O6. The van der Waals surface area contributed by atoms with E-state index in [2.05, 4.69) is 25.9 Å². The number of aromatic nitrogens is 4. The highest BCUT2D eigenvalue weighted by Gasteiger charge is 2.20. The number of nitrogens with one attached hydrogen (secondary N) is 2. The molecule has 0 fully saturated rings. The number of rotatable bonds is 10. The van der Waals surface area contributed by atoms with Gasteiger partial charge in [0.25, 0.3) is 5.91 Å². The average molecular weight is 492 g/mol. The van der Waals surface area contributed by atoms with Crippen LogP contribution in [0.5, 0.6) is 5.75 Å². The van der Waals surface area contributed by atoms with E-state index in [4.69, 9.17) is 20.9 Å². The molecule has 3 rings (SSSR count). The number of carbonyl (C=O) groups excluding carboxylic acids is 2. The summed E-state index contributed by atoms with van der Waals surface area (Å²) in [7, 11) is 0. The zero-order valence-electron chi connectivity index (χ0n) is 18.6. The van der Waals surface area contributed by atoms with Crippen molar-refractivity contribution in [3.8, 4) is 5.75 Å². The first-order chi connectivity index (χ1) is 16.1. The van der Waals surface area contributed by atoms with Gasteiger partial charge in [-0.25, -0.2) is 0 Å². The van der Waals surface area contributed by atoms with Crippen molar-refractivity contribution >= 4 is 29.2 Å². The quantitative estimate of drug-likeness (QED) is 0.244. The molecule has 2 aromatic heterocycles. The van der Waals surface area contributed by atoms with Crippen molar-refractivity contribution in [2.45, 2.75) is 33.4 Å². The molecule has 14 heteroatoms. The van der Waals surface area contributed by atoms with Crippen LogP contribution in [0.3, 0.4) is 0 Å². The second-order valence-electron chi connectivity index (χ2n) is 7.29. The van der Waals surface area contributed by atoms with Gasteiger partial charge in [-0.05, 0) is 49.5 Å². The molecule has 180 valence electrons. The number of benzene rings is 1. The number of hydrogen-bond acceptors (Lipinski definition) is 9. The Balaban J connectivity index is 1.43. The largest absolute Gasteiger partial charge is 0.481 e. The van der Waals surface area contributed by atoms with Crippen LogP contribution in [0.2, 0.25) is 5.02 Å². The molecule has 2 N–H and O–H groups in total. The molecule has 2 heterocycles. The fraction of sp³-hybridized carbons (Fsp3) is 0.350. The van der Waals surface area contributed by atoms with Gasteiger partial charge in [0.15, 0.2) is 11.9 Å². The van der Waals surface area contributed by atoms with Crippen LogP contribution in [0.15, 0.2) is 28.8 Å². The lowest BCUT2D eigenvalue weighted by Crippen LogP contribution is -2.40. The molecule has 2 amide bonds. The topological polar surface area (TPSA) is 167 Å². The smallest absolute Gasteiger partial charge is 0.390 e. The number of ether oxygens (including phenoxy) is 1. The summed E-state index contributed by atoms with van der Waals surface area (Å²) in [6.45, 7) is 5.33. The summed E-state index contributed by atoms with van der Waals surface area (Å²) in [6.07, 6.45) is -0.754. The molecule has 34 heavy (non-hydrogen) atoms. The summed E-state index contributed by atoms with van der Waals surface area (Å²) in [5.41, 5.74) is 1.34. The molecule has 1 aromatic carbocycles. The van der Waals surface area contributed by atoms with Gasteiger partial charge in [-0.3, -0.25) is 9.59 Å². The van der Waals surface area contributed by atoms with Crippen molar-refractivity contribution in [1.29, 1.82) is 0 Å². The number of halogens is 1. The number of amides is 2. The molecule has 0 saturated carbocycles. The fourth-order valence-corrected chi connectivity index (χ4v) is 3.08. The molecule has 0 aliphatic rings. The minimum Gasteiger partial charge on any atom is -0.481 e. The van der Waals surface area contributed by atoms with E-state index in [9.17, 15) is 19.7 Å². The van der Waals surface area contributed by atoms with Crippen LogP contribution in [0, 0.1) is 24.0 Å². The van der Waals surface area contributed by atoms with Crippen molar-refractivity contribution in [3.63, 3.8) is 0 Å². The van der Waals surface area contributed by atoms with Gasteiger partial charge >= 0.3 is 17.6 Å². The lowest BCUT2D eigenvalue weighted by molar-refractivity contribution is -0.389. The Morgan fingerprint density at radius 2 is 2.00 bits per heavy atom. The summed E-state index contributed by atoms with van der Waals surface area (Å²) >= 11 is 5.91. The third-order valence-corrected chi connectivity index (χ3v) is 4.86. The van der Waals surface area contributed by atoms with E-state index in [1.165, 1.54) is 10.7 Å². The average Bonchev–Trinajstić information content (AvgIpc) is 3.40. The van der Waals surface area contributed by atoms with Gasteiger partial charge in [0.05, 0.1) is 16.9 Å². The van der Waals surface area contributed by atoms with Gasteiger partial charge in [0.2, 0.25) is 0 Å². The maximum absolute atomic E-state index is 12.2. The predicted molar refractivity (Wildman–Crippen MR) is 119 cm³/mol. The number of aryl methyl sites for hydroxylation is 2. The van der Waals surface area contributed by atoms with Crippen molar-refractivity contribution in [1.82, 2.24) is 30.6 Å². The predicted octanol–water partition coefficient (Wildman–Crippen LogP) is 1.81. The van der Waals surface area contributed by atoms with Gasteiger partial charge in [0, 0.05) is 18.1 Å². The lowest BCUT2D eigenvalue weighted by Gasteiger charge is -2.16. The second-order valence-corrected chi connectivity index (χ2v) is 7.73. The molecule has 1 unspecified atom stereocenters. The monoisotopic (exact) mass is 491 g/mol. The SMILES string of the molecule is Cc1cc(Cl)ccc1OC(C)C(=O)NCCNC(=O)c1nc(Cn2nc([N+](=O)[O-])cc2C)no1. The molecule has 0 aliphatic heterocycles. The molecule has 0 spiro atoms. The number of carbonyl (C=O) groups is 2. The summed E-state index contributed by atoms with van der Waals surface area (Å²) in [4.78, 5) is 38.6. The van der Waals surface area contributed by atoms with Crippen LogP contribution >= 0.6 is 11.6 Å². The Morgan fingerprint density at radius 1 is 1.26 bits per heavy atom. The van der Waals surface area contributed by atoms with Crippen LogP contribution in [0.25, 0.3) is 0 Å². The number of nitro groups is 1. The summed E-state index contributed by atoms with van der Waals surface area (Å²) < 4.78 is 11.9. The summed E-state index contributed by atoms with van der Waals surface area (Å²) in [5.74, 6) is -0.889. The lowest BCUT2D eigenvalue weighted by atomic mass is 10.2. The third-order valence-electron chi connectivity index (χ3n) is 4.63. The van der Waals surface area contributed by atoms with Gasteiger partial charge in [-0.2, -0.15) is 9.67 Å². The maximum Gasteiger partial charge on any atom is 0.390 e. The molecule has 1 atom stereocenters. The Morgan fingerprint density at radius 3 is 2.68 bits per heavy atom. The molecule has 3 aromatic rings. The van der Waals surface area contributed by atoms with Crippen LogP contribution in [0.4, 0.5) is 5.82 Å². The first kappa shape index (κ1) is 24.6. The molecular weight excluding hydrogens is 470 g/mol. The van der Waals surface area contributed by atoms with Gasteiger partial charge in [-0.1, -0.05) is 16.8 Å². The zero-order valence-corrected chi connectivity index (χ0v) is 19.3. The first-order valence-electron chi connectivity index (χ1n) is 10.1. The maximum atomic E-state index is 12.2. The van der Waals surface area contributed by atoms with E-state index in [1.807, 2.05) is 6.92 Å². The molecule has 0 aliphatic carbocycles. The van der Waals surface area contributed by atoms with Crippen molar-refractivity contribution in [3.05, 3.63) is 62.4 Å². The van der Waals surface area contributed by atoms with Crippen molar-refractivity contribution in [2.24, 2.45) is 0 Å². The molecule has 0 radical (unpaired) electrons. The highest BCUT2D eigenvalue weighted by Crippen LogP contribution is 2.22. The van der Waals surface area contributed by atoms with Gasteiger partial charge in [-0.15, -0.1) is 0 Å². The van der Waals surface area contributed by atoms with Crippen LogP contribution in [0.1, 0.15) is 34.7 Å². The first-order valence-corrected chi connectivity index (χ1v) is 10.5. The highest BCUT2D eigenvalue weighted by molar-refractivity contribution is 6.30. The Labute approximate surface area is 198 Å². The van der Waals surface area contributed by atoms with Crippen molar-refractivity contribution < 1.29 is 23.8 Å². The number of hydrogen-bond donors (Lipinski definition) is 2. The van der Waals surface area contributed by atoms with Gasteiger partial charge < -0.3 is 30.0 Å². The minimum absolute atomic E-state index is 0.00249. The Kier molecular flexibility index (Phi) is 7.79. The third kappa shape index (κ3) is 6.28. The minimum atomic E-state index is -0.754. The zero-order chi connectivity index (χ0) is 24.8. The van der Waals surface area contributed by atoms with Crippen molar-refractivity contribution in [2.75, 3.05) is 13.1 Å². The van der Waals surface area contributed by atoms with E-state index in [0.29, 0.717) is 16.5 Å². The van der Waals surface area contributed by atoms with E-state index >= 15 is 0 Å². The van der Waals surface area contributed by atoms with Crippen LogP contribution in [-0.2, 0) is 11.3 Å². The summed E-state index contributed by atoms with van der Waals surface area (Å²) in [5, 5.41) is 24.1. The second kappa shape index (κ2) is 10.7. The van der Waals surface area contributed by atoms with Crippen LogP contribution < -0.4 is 15.4 Å². The highest BCUT2D eigenvalue weighted by atomic mass is 35.5. The van der Waals surface area contributed by atoms with E-state index in [1.54, 1.807) is 32.0 Å². The number of nitrogens with zero attached hydrogens (tertiary/aromatic N) is 5. The summed E-state index contributed by atoms with van der Waals surface area (Å²) in [6, 6.07) is 6.41. The molecule has 13 nitrogen and oxygen atoms in total. The standard InChI is InChI=1S/C20H22ClN7O6/c1-11-8-14(21)4-5-15(11)33-13(3)18(29)22-6-7-23-19(30)20-24-16(26-34-20)10-27-12(2)9-17(25-27)28(31)32/h4-5,8-9,13H,6-7,10H2,1-3H3,(H,22,29)(H,23,30). The van der Waals surface area contributed by atoms with E-state index in [-0.39, 0.29) is 43.1 Å². The fourth-order valence-electron chi connectivity index (χ4n) is 2.86. The van der Waals surface area contributed by atoms with Crippen LogP contribution in [-0.4, -0.2) is 55.9 Å². The normalized spacial score (nSPS) is 11.6. The van der Waals surface area contributed by atoms with E-state index < -0.39 is 16.9 Å². The Hall–Kier alpha value is -4.00. The van der Waals surface area contributed by atoms with E-state index in [0.717, 1.165) is 5.56 Å².